The van der Waals surface area contributed by atoms with Gasteiger partial charge in [-0.05, 0) is 90.2 Å². The smallest absolute Gasteiger partial charge is 0.427 e. The maximum absolute atomic E-state index is 14.8. The number of nitrogens with one attached hydrogen (secondary N) is 3. The molecule has 3 fully saturated rings. The number of carbonyl (C=O) groups is 4. The van der Waals surface area contributed by atoms with Crippen LogP contribution in [0.15, 0.2) is 36.4 Å². The Labute approximate surface area is 346 Å². The normalized spacial score (nSPS) is 28.7. The van der Waals surface area contributed by atoms with Crippen molar-refractivity contribution in [2.45, 2.75) is 133 Å². The zero-order valence-corrected chi connectivity index (χ0v) is 35.3. The number of allylic oxidation sites excluding steroid dienone is 1. The van der Waals surface area contributed by atoms with Crippen LogP contribution in [0.1, 0.15) is 86.5 Å². The number of rotatable bonds is 9. The number of halogens is 4. The largest absolute Gasteiger partial charge is 0.475 e. The molecule has 2 aromatic rings. The van der Waals surface area contributed by atoms with Gasteiger partial charge in [-0.1, -0.05) is 43.7 Å². The van der Waals surface area contributed by atoms with Gasteiger partial charge in [0.05, 0.1) is 17.9 Å². The number of aromatic nitrogens is 1. The summed E-state index contributed by atoms with van der Waals surface area (Å²) in [7, 11) is -4.00. The third kappa shape index (κ3) is 9.84. The van der Waals surface area contributed by atoms with Crippen molar-refractivity contribution in [3.05, 3.63) is 41.4 Å². The number of carbonyl (C=O) groups excluding carboxylic acids is 4. The van der Waals surface area contributed by atoms with Crippen LogP contribution in [0.2, 0.25) is 5.02 Å². The molecule has 2 aliphatic carbocycles. The molecule has 0 unspecified atom stereocenters. The highest BCUT2D eigenvalue weighted by atomic mass is 35.5. The number of hydrogen-bond donors (Lipinski definition) is 3. The number of sulfonamides is 1. The highest BCUT2D eigenvalue weighted by molar-refractivity contribution is 7.91. The van der Waals surface area contributed by atoms with Crippen molar-refractivity contribution in [2.75, 3.05) is 6.54 Å². The quantitative estimate of drug-likeness (QED) is 0.255. The van der Waals surface area contributed by atoms with Gasteiger partial charge in [0.1, 0.15) is 23.7 Å². The summed E-state index contributed by atoms with van der Waals surface area (Å²) in [6.07, 6.45) is -1.73. The summed E-state index contributed by atoms with van der Waals surface area (Å²) < 4.78 is 86.4. The Kier molecular flexibility index (Phi) is 12.5. The number of hydrogen-bond acceptors (Lipinski definition) is 10. The maximum Gasteiger partial charge on any atom is 0.427 e. The molecule has 7 atom stereocenters. The molecule has 324 valence electrons. The molecule has 19 heteroatoms. The molecule has 3 N–H and O–H groups in total. The van der Waals surface area contributed by atoms with Gasteiger partial charge >= 0.3 is 12.3 Å². The molecule has 4 amide bonds. The summed E-state index contributed by atoms with van der Waals surface area (Å²) in [5.74, 6) is -3.47. The van der Waals surface area contributed by atoms with Crippen molar-refractivity contribution in [3.63, 3.8) is 0 Å². The molecule has 1 saturated heterocycles. The van der Waals surface area contributed by atoms with E-state index in [1.807, 2.05) is 26.8 Å². The van der Waals surface area contributed by atoms with E-state index in [4.69, 9.17) is 25.8 Å². The van der Waals surface area contributed by atoms with E-state index in [0.717, 1.165) is 0 Å². The van der Waals surface area contributed by atoms with Crippen LogP contribution in [0.4, 0.5) is 18.0 Å². The van der Waals surface area contributed by atoms with Crippen molar-refractivity contribution >= 4 is 56.2 Å². The average molecular weight is 870 g/mol. The van der Waals surface area contributed by atoms with Crippen LogP contribution in [0.5, 0.6) is 11.8 Å². The fraction of sp³-hybridized carbons (Fsp3) is 0.625. The van der Waals surface area contributed by atoms with E-state index in [2.05, 4.69) is 20.3 Å². The molecule has 0 spiro atoms. The second-order valence-electron chi connectivity index (χ2n) is 17.0. The first-order valence-electron chi connectivity index (χ1n) is 19.9. The van der Waals surface area contributed by atoms with Gasteiger partial charge in [-0.3, -0.25) is 19.1 Å². The Bertz CT molecular complexity index is 2120. The van der Waals surface area contributed by atoms with E-state index in [9.17, 15) is 40.8 Å². The van der Waals surface area contributed by atoms with Crippen LogP contribution in [0.3, 0.4) is 0 Å². The molecule has 2 aliphatic heterocycles. The number of amides is 4. The molecule has 0 bridgehead atoms. The SMILES string of the molecule is CC(C)Oc1cc2c(Cl)cccc2c(O[C@@H]2C[C@H]3C(=O)N[C@]4(C(=O)NS(=O)(=O)C5CC5)C[C@H]4/C=C\CC[C@H](C)C[C@@H](C)[C@H](NC(=O)OC(C)(C)C(F)(F)F)C(=O)N3C2)n1. The van der Waals surface area contributed by atoms with Gasteiger partial charge in [-0.15, -0.1) is 0 Å². The van der Waals surface area contributed by atoms with Crippen LogP contribution >= 0.6 is 11.6 Å². The number of benzene rings is 1. The molecule has 59 heavy (non-hydrogen) atoms. The van der Waals surface area contributed by atoms with Crippen LogP contribution in [-0.4, -0.2) is 95.5 Å². The minimum atomic E-state index is -4.92. The predicted octanol–water partition coefficient (Wildman–Crippen LogP) is 5.96. The van der Waals surface area contributed by atoms with Gasteiger partial charge < -0.3 is 29.7 Å². The lowest BCUT2D eigenvalue weighted by Gasteiger charge is -2.34. The molecule has 6 rings (SSSR count). The van der Waals surface area contributed by atoms with E-state index >= 15 is 0 Å². The summed E-state index contributed by atoms with van der Waals surface area (Å²) in [5.41, 5.74) is -4.54. The number of ether oxygens (including phenoxy) is 3. The fourth-order valence-corrected chi connectivity index (χ4v) is 9.27. The second kappa shape index (κ2) is 16.6. The predicted molar refractivity (Wildman–Crippen MR) is 211 cm³/mol. The zero-order valence-electron chi connectivity index (χ0n) is 33.7. The third-order valence-corrected chi connectivity index (χ3v) is 13.5. The molecular formula is C40H51ClF3N5O9S. The average Bonchev–Trinajstić information content (AvgIpc) is 4.05. The van der Waals surface area contributed by atoms with Crippen LogP contribution in [-0.2, 0) is 29.1 Å². The van der Waals surface area contributed by atoms with Crippen molar-refractivity contribution in [2.24, 2.45) is 17.8 Å². The van der Waals surface area contributed by atoms with Crippen molar-refractivity contribution < 1.29 is 55.0 Å². The lowest BCUT2D eigenvalue weighted by molar-refractivity contribution is -0.244. The number of alkyl halides is 3. The zero-order chi connectivity index (χ0) is 43.2. The third-order valence-electron chi connectivity index (χ3n) is 11.3. The van der Waals surface area contributed by atoms with Gasteiger partial charge in [0.25, 0.3) is 5.91 Å². The number of nitrogens with zero attached hydrogens (tertiary/aromatic N) is 2. The molecule has 2 saturated carbocycles. The Morgan fingerprint density at radius 2 is 1.80 bits per heavy atom. The minimum absolute atomic E-state index is 0.0489. The summed E-state index contributed by atoms with van der Waals surface area (Å²) in [6, 6.07) is 3.95. The first-order valence-corrected chi connectivity index (χ1v) is 21.8. The van der Waals surface area contributed by atoms with Gasteiger partial charge in [-0.25, -0.2) is 13.2 Å². The molecule has 14 nitrogen and oxygen atoms in total. The minimum Gasteiger partial charge on any atom is -0.475 e. The molecule has 4 aliphatic rings. The lowest BCUT2D eigenvalue weighted by Crippen LogP contribution is -2.59. The summed E-state index contributed by atoms with van der Waals surface area (Å²) >= 11 is 6.56. The van der Waals surface area contributed by atoms with E-state index < -0.39 is 86.4 Å². The molecular weight excluding hydrogens is 819 g/mol. The monoisotopic (exact) mass is 869 g/mol. The van der Waals surface area contributed by atoms with Gasteiger partial charge in [0, 0.05) is 34.2 Å². The van der Waals surface area contributed by atoms with Gasteiger partial charge in [-0.2, -0.15) is 18.2 Å². The molecule has 1 aromatic heterocycles. The topological polar surface area (TPSA) is 182 Å². The van der Waals surface area contributed by atoms with E-state index in [-0.39, 0.29) is 43.2 Å². The van der Waals surface area contributed by atoms with Crippen LogP contribution in [0, 0.1) is 17.8 Å². The summed E-state index contributed by atoms with van der Waals surface area (Å²) in [5, 5.41) is 5.90. The van der Waals surface area contributed by atoms with Crippen LogP contribution < -0.4 is 24.8 Å². The van der Waals surface area contributed by atoms with Gasteiger partial charge in [0.15, 0.2) is 0 Å². The first kappa shape index (κ1) is 44.2. The standard InChI is InChI=1S/C40H51ClF3N5O9S/c1-21(2)56-31-18-28-27(12-9-13-29(28)41)34(45-31)57-25-17-30-33(50)47-39(36(52)48-59(54,55)26-14-15-26)19-24(39)11-8-7-10-22(3)16-23(4)32(35(51)49(30)20-25)46-37(53)58-38(5,6)40(42,43)44/h8-9,11-13,18,21-26,30,32H,7,10,14-17,19-20H2,1-6H3,(H,46,53)(H,47,50)(H,48,52)/b11-8-/t22-,23+,24+,25+,30-,32-,39+/m0/s1. The Balaban J connectivity index is 1.37. The summed E-state index contributed by atoms with van der Waals surface area (Å²) in [6.45, 7) is 8.35. The Hall–Kier alpha value is -4.32. The second-order valence-corrected chi connectivity index (χ2v) is 19.4. The van der Waals surface area contributed by atoms with Crippen molar-refractivity contribution in [1.82, 2.24) is 25.2 Å². The fourth-order valence-electron chi connectivity index (χ4n) is 7.68. The van der Waals surface area contributed by atoms with E-state index in [0.29, 0.717) is 61.7 Å². The number of pyridine rings is 1. The van der Waals surface area contributed by atoms with Gasteiger partial charge in [0.2, 0.25) is 39.2 Å². The molecule has 0 radical (unpaired) electrons. The lowest BCUT2D eigenvalue weighted by atomic mass is 9.88. The first-order chi connectivity index (χ1) is 27.5. The van der Waals surface area contributed by atoms with Crippen molar-refractivity contribution in [1.29, 1.82) is 0 Å². The highest BCUT2D eigenvalue weighted by Crippen LogP contribution is 2.46. The Morgan fingerprint density at radius 1 is 1.08 bits per heavy atom. The van der Waals surface area contributed by atoms with E-state index in [1.165, 1.54) is 4.90 Å². The summed E-state index contributed by atoms with van der Waals surface area (Å²) in [4.78, 5) is 62.1. The molecule has 1 aromatic carbocycles. The number of fused-ring (bicyclic) bond motifs is 3. The van der Waals surface area contributed by atoms with E-state index in [1.54, 1.807) is 37.3 Å². The maximum atomic E-state index is 14.8. The molecule has 3 heterocycles. The van der Waals surface area contributed by atoms with Crippen LogP contribution in [0.25, 0.3) is 10.8 Å². The highest BCUT2D eigenvalue weighted by Gasteiger charge is 2.62. The van der Waals surface area contributed by atoms with Crippen molar-refractivity contribution in [3.8, 4) is 11.8 Å². The number of alkyl carbamates (subject to hydrolysis) is 1. The Morgan fingerprint density at radius 3 is 2.46 bits per heavy atom.